The van der Waals surface area contributed by atoms with Crippen LogP contribution in [0, 0.1) is 20.8 Å². The van der Waals surface area contributed by atoms with Crippen molar-refractivity contribution in [2.24, 2.45) is 0 Å². The fourth-order valence-electron chi connectivity index (χ4n) is 4.58. The summed E-state index contributed by atoms with van der Waals surface area (Å²) < 4.78 is 29.2. The molecular weight excluding hydrogens is 534 g/mol. The summed E-state index contributed by atoms with van der Waals surface area (Å²) in [6.45, 7) is 11.4. The third-order valence-corrected chi connectivity index (χ3v) is 9.33. The van der Waals surface area contributed by atoms with Crippen molar-refractivity contribution in [2.45, 2.75) is 77.8 Å². The summed E-state index contributed by atoms with van der Waals surface area (Å²) in [5.41, 5.74) is 4.30. The van der Waals surface area contributed by atoms with E-state index in [2.05, 4.69) is 5.32 Å². The van der Waals surface area contributed by atoms with Crippen LogP contribution in [0.5, 0.6) is 0 Å². The molecule has 3 aromatic rings. The number of aryl methyl sites for hydroxylation is 3. The van der Waals surface area contributed by atoms with Crippen LogP contribution in [-0.2, 0) is 26.0 Å². The van der Waals surface area contributed by atoms with Crippen molar-refractivity contribution >= 4 is 27.5 Å². The molecular formula is C33H43N3O4S. The van der Waals surface area contributed by atoms with Gasteiger partial charge in [-0.05, 0) is 87.9 Å². The Morgan fingerprint density at radius 1 is 0.854 bits per heavy atom. The number of benzene rings is 3. The average Bonchev–Trinajstić information content (AvgIpc) is 2.95. The Morgan fingerprint density at radius 2 is 1.51 bits per heavy atom. The maximum absolute atomic E-state index is 14.1. The van der Waals surface area contributed by atoms with Gasteiger partial charge in [0, 0.05) is 12.6 Å². The first-order chi connectivity index (χ1) is 19.5. The Bertz CT molecular complexity index is 1420. The molecule has 0 heterocycles. The average molecular weight is 578 g/mol. The largest absolute Gasteiger partial charge is 0.352 e. The van der Waals surface area contributed by atoms with Gasteiger partial charge in [0.2, 0.25) is 11.8 Å². The van der Waals surface area contributed by atoms with E-state index >= 15 is 0 Å². The molecule has 1 N–H and O–H groups in total. The summed E-state index contributed by atoms with van der Waals surface area (Å²) in [5, 5.41) is 3.01. The topological polar surface area (TPSA) is 86.8 Å². The number of carbonyl (C=O) groups is 2. The van der Waals surface area contributed by atoms with Gasteiger partial charge in [0.25, 0.3) is 10.0 Å². The molecule has 41 heavy (non-hydrogen) atoms. The molecule has 0 spiro atoms. The maximum Gasteiger partial charge on any atom is 0.264 e. The van der Waals surface area contributed by atoms with E-state index in [0.29, 0.717) is 18.5 Å². The molecule has 2 atom stereocenters. The van der Waals surface area contributed by atoms with E-state index in [4.69, 9.17) is 0 Å². The summed E-state index contributed by atoms with van der Waals surface area (Å²) in [4.78, 5) is 29.1. The fourth-order valence-corrected chi connectivity index (χ4v) is 5.99. The second-order valence-electron chi connectivity index (χ2n) is 10.7. The van der Waals surface area contributed by atoms with E-state index in [1.807, 2.05) is 77.9 Å². The van der Waals surface area contributed by atoms with E-state index < -0.39 is 28.5 Å². The lowest BCUT2D eigenvalue weighted by molar-refractivity contribution is -0.139. The molecule has 0 aliphatic carbocycles. The number of nitrogens with one attached hydrogen (secondary N) is 1. The third kappa shape index (κ3) is 8.19. The van der Waals surface area contributed by atoms with Crippen molar-refractivity contribution in [2.75, 3.05) is 17.4 Å². The van der Waals surface area contributed by atoms with Gasteiger partial charge < -0.3 is 10.2 Å². The van der Waals surface area contributed by atoms with Crippen molar-refractivity contribution in [1.82, 2.24) is 10.2 Å². The molecule has 0 fully saturated rings. The van der Waals surface area contributed by atoms with E-state index in [0.717, 1.165) is 28.7 Å². The van der Waals surface area contributed by atoms with Crippen LogP contribution in [0.2, 0.25) is 0 Å². The van der Waals surface area contributed by atoms with E-state index in [9.17, 15) is 18.0 Å². The normalized spacial score (nSPS) is 12.8. The van der Waals surface area contributed by atoms with Gasteiger partial charge in [0.1, 0.15) is 12.6 Å². The second-order valence-corrected chi connectivity index (χ2v) is 12.5. The number of rotatable bonds is 13. The molecule has 0 bridgehead atoms. The van der Waals surface area contributed by atoms with Crippen LogP contribution in [-0.4, -0.2) is 50.3 Å². The Morgan fingerprint density at radius 3 is 2.10 bits per heavy atom. The third-order valence-electron chi connectivity index (χ3n) is 7.54. The molecule has 7 nitrogen and oxygen atoms in total. The van der Waals surface area contributed by atoms with Crippen LogP contribution in [0.4, 0.5) is 5.69 Å². The lowest BCUT2D eigenvalue weighted by Crippen LogP contribution is -2.54. The van der Waals surface area contributed by atoms with Gasteiger partial charge in [-0.2, -0.15) is 0 Å². The second kappa shape index (κ2) is 14.3. The summed E-state index contributed by atoms with van der Waals surface area (Å²) in [6.07, 6.45) is 1.70. The first-order valence-electron chi connectivity index (χ1n) is 14.3. The van der Waals surface area contributed by atoms with Crippen LogP contribution in [0.25, 0.3) is 0 Å². The minimum atomic E-state index is -4.09. The predicted molar refractivity (Wildman–Crippen MR) is 165 cm³/mol. The molecule has 8 heteroatoms. The Hall–Kier alpha value is -3.65. The van der Waals surface area contributed by atoms with E-state index in [1.165, 1.54) is 4.31 Å². The van der Waals surface area contributed by atoms with Gasteiger partial charge in [0.05, 0.1) is 10.6 Å². The van der Waals surface area contributed by atoms with E-state index in [-0.39, 0.29) is 23.4 Å². The number of carbonyl (C=O) groups excluding carboxylic acids is 2. The zero-order chi connectivity index (χ0) is 30.2. The highest BCUT2D eigenvalue weighted by Crippen LogP contribution is 2.27. The molecule has 0 saturated carbocycles. The SMILES string of the molecule is CC[C@H](C)NC(=O)[C@H](CC)N(CCc1ccccc1)C(=O)CN(c1ccc(C)c(C)c1)S(=O)(=O)c1ccc(C)cc1. The molecule has 3 aromatic carbocycles. The quantitative estimate of drug-likeness (QED) is 0.288. The van der Waals surface area contributed by atoms with Crippen LogP contribution in [0.1, 0.15) is 55.9 Å². The summed E-state index contributed by atoms with van der Waals surface area (Å²) >= 11 is 0. The highest BCUT2D eigenvalue weighted by molar-refractivity contribution is 7.92. The molecule has 3 rings (SSSR count). The van der Waals surface area contributed by atoms with Crippen molar-refractivity contribution < 1.29 is 18.0 Å². The Kier molecular flexibility index (Phi) is 11.1. The number of hydrogen-bond donors (Lipinski definition) is 1. The first-order valence-corrected chi connectivity index (χ1v) is 15.7. The number of sulfonamides is 1. The van der Waals surface area contributed by atoms with Crippen molar-refractivity contribution in [3.05, 3.63) is 95.1 Å². The summed E-state index contributed by atoms with van der Waals surface area (Å²) in [6, 6.07) is 20.9. The number of amides is 2. The summed E-state index contributed by atoms with van der Waals surface area (Å²) in [7, 11) is -4.09. The highest BCUT2D eigenvalue weighted by atomic mass is 32.2. The molecule has 0 saturated heterocycles. The van der Waals surface area contributed by atoms with Gasteiger partial charge in [0.15, 0.2) is 0 Å². The first kappa shape index (κ1) is 31.9. The van der Waals surface area contributed by atoms with Gasteiger partial charge in [-0.25, -0.2) is 8.42 Å². The molecule has 0 radical (unpaired) electrons. The minimum Gasteiger partial charge on any atom is -0.352 e. The standard InChI is InChI=1S/C33H43N3O4S/c1-7-27(6)34-33(38)31(8-2)35(21-20-28-12-10-9-11-13-28)32(37)23-36(29-17-16-25(4)26(5)22-29)41(39,40)30-18-14-24(3)15-19-30/h9-19,22,27,31H,7-8,20-21,23H2,1-6H3,(H,34,38)/t27-,31-/m0/s1. The van der Waals surface area contributed by atoms with Crippen LogP contribution < -0.4 is 9.62 Å². The van der Waals surface area contributed by atoms with Crippen LogP contribution >= 0.6 is 0 Å². The molecule has 0 unspecified atom stereocenters. The zero-order valence-corrected chi connectivity index (χ0v) is 25.9. The van der Waals surface area contributed by atoms with Crippen LogP contribution in [0.15, 0.2) is 77.7 Å². The number of anilines is 1. The minimum absolute atomic E-state index is 0.0448. The maximum atomic E-state index is 14.1. The Labute approximate surface area is 245 Å². The van der Waals surface area contributed by atoms with Gasteiger partial charge in [-0.1, -0.05) is 67.9 Å². The van der Waals surface area contributed by atoms with Crippen LogP contribution in [0.3, 0.4) is 0 Å². The highest BCUT2D eigenvalue weighted by Gasteiger charge is 2.33. The van der Waals surface area contributed by atoms with Crippen molar-refractivity contribution in [3.8, 4) is 0 Å². The van der Waals surface area contributed by atoms with Gasteiger partial charge in [-0.15, -0.1) is 0 Å². The number of hydrogen-bond acceptors (Lipinski definition) is 4. The predicted octanol–water partition coefficient (Wildman–Crippen LogP) is 5.57. The Balaban J connectivity index is 2.03. The van der Waals surface area contributed by atoms with E-state index in [1.54, 1.807) is 41.3 Å². The zero-order valence-electron chi connectivity index (χ0n) is 25.1. The molecule has 0 aliphatic heterocycles. The van der Waals surface area contributed by atoms with Crippen molar-refractivity contribution in [1.29, 1.82) is 0 Å². The molecule has 0 aliphatic rings. The van der Waals surface area contributed by atoms with Gasteiger partial charge >= 0.3 is 0 Å². The lowest BCUT2D eigenvalue weighted by Gasteiger charge is -2.34. The smallest absolute Gasteiger partial charge is 0.264 e. The monoisotopic (exact) mass is 577 g/mol. The molecule has 220 valence electrons. The molecule has 0 aromatic heterocycles. The molecule has 2 amide bonds. The summed E-state index contributed by atoms with van der Waals surface area (Å²) in [5.74, 6) is -0.664. The van der Waals surface area contributed by atoms with Crippen molar-refractivity contribution in [3.63, 3.8) is 0 Å². The lowest BCUT2D eigenvalue weighted by atomic mass is 10.1. The number of nitrogens with zero attached hydrogens (tertiary/aromatic N) is 2. The fraction of sp³-hybridized carbons (Fsp3) is 0.394. The van der Waals surface area contributed by atoms with Gasteiger partial charge in [-0.3, -0.25) is 13.9 Å².